The van der Waals surface area contributed by atoms with Crippen molar-refractivity contribution in [2.45, 2.75) is 24.5 Å². The van der Waals surface area contributed by atoms with Crippen molar-refractivity contribution in [3.63, 3.8) is 0 Å². The number of thioether (sulfide) groups is 1. The van der Waals surface area contributed by atoms with Gasteiger partial charge in [-0.05, 0) is 30.7 Å². The van der Waals surface area contributed by atoms with E-state index < -0.39 is 0 Å². The summed E-state index contributed by atoms with van der Waals surface area (Å²) in [6.07, 6.45) is 2.67. The fourth-order valence-electron chi connectivity index (χ4n) is 2.45. The van der Waals surface area contributed by atoms with Gasteiger partial charge in [0.2, 0.25) is 0 Å². The minimum Gasteiger partial charge on any atom is -0.331 e. The van der Waals surface area contributed by atoms with E-state index in [1.54, 1.807) is 11.8 Å². The molecule has 0 amide bonds. The molecule has 1 aliphatic heterocycles. The smallest absolute Gasteiger partial charge is 0.153 e. The first-order valence-electron chi connectivity index (χ1n) is 6.30. The highest BCUT2D eigenvalue weighted by atomic mass is 32.2. The van der Waals surface area contributed by atoms with E-state index in [1.807, 2.05) is 35.9 Å². The molecule has 0 bridgehead atoms. The van der Waals surface area contributed by atoms with Crippen LogP contribution in [-0.4, -0.2) is 26.3 Å². The lowest BCUT2D eigenvalue weighted by Gasteiger charge is -2.07. The molecule has 4 heteroatoms. The number of carbonyl (C=O) groups is 1. The Morgan fingerprint density at radius 2 is 2.33 bits per heavy atom. The van der Waals surface area contributed by atoms with Gasteiger partial charge in [0.05, 0.1) is 22.7 Å². The number of ketones is 1. The molecule has 1 unspecified atom stereocenters. The molecule has 1 saturated heterocycles. The molecule has 1 aromatic heterocycles. The van der Waals surface area contributed by atoms with Gasteiger partial charge >= 0.3 is 0 Å². The first kappa shape index (κ1) is 11.8. The van der Waals surface area contributed by atoms with Gasteiger partial charge in [-0.1, -0.05) is 12.1 Å². The molecule has 0 radical (unpaired) electrons. The van der Waals surface area contributed by atoms with E-state index in [0.29, 0.717) is 12.2 Å². The van der Waals surface area contributed by atoms with Gasteiger partial charge in [-0.3, -0.25) is 4.79 Å². The van der Waals surface area contributed by atoms with Crippen molar-refractivity contribution in [3.8, 4) is 0 Å². The zero-order chi connectivity index (χ0) is 12.5. The van der Waals surface area contributed by atoms with Crippen LogP contribution in [0.5, 0.6) is 0 Å². The second-order valence-electron chi connectivity index (χ2n) is 4.72. The third-order valence-corrected chi connectivity index (χ3v) is 4.93. The summed E-state index contributed by atoms with van der Waals surface area (Å²) in [6.45, 7) is 0. The molecule has 2 heterocycles. The SMILES string of the molecule is Cn1c(CC(=O)C2CCCS2)nc2ccccc21. The summed E-state index contributed by atoms with van der Waals surface area (Å²) < 4.78 is 2.03. The highest BCUT2D eigenvalue weighted by Gasteiger charge is 2.24. The van der Waals surface area contributed by atoms with Gasteiger partial charge < -0.3 is 4.57 Å². The molecule has 18 heavy (non-hydrogen) atoms. The van der Waals surface area contributed by atoms with E-state index in [4.69, 9.17) is 0 Å². The highest BCUT2D eigenvalue weighted by Crippen LogP contribution is 2.28. The van der Waals surface area contributed by atoms with Crippen molar-refractivity contribution in [1.82, 2.24) is 9.55 Å². The van der Waals surface area contributed by atoms with Gasteiger partial charge in [0.1, 0.15) is 5.82 Å². The lowest BCUT2D eigenvalue weighted by molar-refractivity contribution is -0.118. The Labute approximate surface area is 111 Å². The number of aromatic nitrogens is 2. The third kappa shape index (κ3) is 2.05. The molecule has 0 aliphatic carbocycles. The van der Waals surface area contributed by atoms with Crippen molar-refractivity contribution in [3.05, 3.63) is 30.1 Å². The van der Waals surface area contributed by atoms with Gasteiger partial charge in [-0.15, -0.1) is 0 Å². The largest absolute Gasteiger partial charge is 0.331 e. The predicted octanol–water partition coefficient (Wildman–Crippen LogP) is 2.58. The van der Waals surface area contributed by atoms with Crippen LogP contribution in [0.3, 0.4) is 0 Å². The van der Waals surface area contributed by atoms with Crippen molar-refractivity contribution in [2.24, 2.45) is 7.05 Å². The van der Waals surface area contributed by atoms with Gasteiger partial charge in [0.25, 0.3) is 0 Å². The van der Waals surface area contributed by atoms with E-state index in [2.05, 4.69) is 4.98 Å². The Kier molecular flexibility index (Phi) is 3.12. The average molecular weight is 260 g/mol. The number of para-hydroxylation sites is 2. The topological polar surface area (TPSA) is 34.9 Å². The summed E-state index contributed by atoms with van der Waals surface area (Å²) in [5.41, 5.74) is 2.07. The van der Waals surface area contributed by atoms with Crippen LogP contribution in [0.2, 0.25) is 0 Å². The Bertz CT molecular complexity index is 584. The number of carbonyl (C=O) groups excluding carboxylic acids is 1. The molecule has 2 aromatic rings. The molecular weight excluding hydrogens is 244 g/mol. The summed E-state index contributed by atoms with van der Waals surface area (Å²) in [5, 5.41) is 0.199. The van der Waals surface area contributed by atoms with Gasteiger partial charge in [0.15, 0.2) is 5.78 Å². The lowest BCUT2D eigenvalue weighted by atomic mass is 10.1. The number of hydrogen-bond donors (Lipinski definition) is 0. The summed E-state index contributed by atoms with van der Waals surface area (Å²) in [7, 11) is 1.99. The van der Waals surface area contributed by atoms with Crippen molar-refractivity contribution >= 4 is 28.6 Å². The zero-order valence-electron chi connectivity index (χ0n) is 10.4. The highest BCUT2D eigenvalue weighted by molar-refractivity contribution is 8.00. The van der Waals surface area contributed by atoms with Crippen LogP contribution in [0.25, 0.3) is 11.0 Å². The number of imidazole rings is 1. The fraction of sp³-hybridized carbons (Fsp3) is 0.429. The van der Waals surface area contributed by atoms with Crippen LogP contribution in [0, 0.1) is 0 Å². The molecular formula is C14H16N2OS. The molecule has 3 nitrogen and oxygen atoms in total. The lowest BCUT2D eigenvalue weighted by Crippen LogP contribution is -2.18. The first-order chi connectivity index (χ1) is 8.75. The zero-order valence-corrected chi connectivity index (χ0v) is 11.2. The molecule has 0 saturated carbocycles. The van der Waals surface area contributed by atoms with Gasteiger partial charge in [-0.25, -0.2) is 4.98 Å². The maximum absolute atomic E-state index is 12.2. The number of benzene rings is 1. The molecule has 0 spiro atoms. The third-order valence-electron chi connectivity index (χ3n) is 3.50. The van der Waals surface area contributed by atoms with Gasteiger partial charge in [-0.2, -0.15) is 11.8 Å². The maximum atomic E-state index is 12.2. The van der Waals surface area contributed by atoms with Crippen LogP contribution in [0.15, 0.2) is 24.3 Å². The quantitative estimate of drug-likeness (QED) is 0.850. The normalized spacial score (nSPS) is 19.5. The van der Waals surface area contributed by atoms with Crippen LogP contribution >= 0.6 is 11.8 Å². The van der Waals surface area contributed by atoms with E-state index in [-0.39, 0.29) is 5.25 Å². The number of Topliss-reactive ketones (excluding diaryl/α,β-unsaturated/α-hetero) is 1. The molecule has 1 atom stereocenters. The first-order valence-corrected chi connectivity index (χ1v) is 7.35. The minimum absolute atomic E-state index is 0.199. The van der Waals surface area contributed by atoms with Crippen molar-refractivity contribution in [2.75, 3.05) is 5.75 Å². The summed E-state index contributed by atoms with van der Waals surface area (Å²) in [5.74, 6) is 2.34. The van der Waals surface area contributed by atoms with Crippen molar-refractivity contribution in [1.29, 1.82) is 0 Å². The molecule has 1 aromatic carbocycles. The van der Waals surface area contributed by atoms with E-state index >= 15 is 0 Å². The average Bonchev–Trinajstić information content (AvgIpc) is 3.00. The van der Waals surface area contributed by atoms with Crippen molar-refractivity contribution < 1.29 is 4.79 Å². The van der Waals surface area contributed by atoms with E-state index in [9.17, 15) is 4.79 Å². The van der Waals surface area contributed by atoms with Gasteiger partial charge in [0, 0.05) is 7.05 Å². The number of rotatable bonds is 3. The number of hydrogen-bond acceptors (Lipinski definition) is 3. The Morgan fingerprint density at radius 1 is 1.50 bits per heavy atom. The second-order valence-corrected chi connectivity index (χ2v) is 6.03. The Hall–Kier alpha value is -1.29. The Morgan fingerprint density at radius 3 is 3.06 bits per heavy atom. The molecule has 3 rings (SSSR count). The van der Waals surface area contributed by atoms with Crippen LogP contribution in [0.4, 0.5) is 0 Å². The molecule has 94 valence electrons. The number of nitrogens with zero attached hydrogens (tertiary/aromatic N) is 2. The molecule has 1 fully saturated rings. The number of fused-ring (bicyclic) bond motifs is 1. The molecule has 1 aliphatic rings. The van der Waals surface area contributed by atoms with Crippen LogP contribution in [-0.2, 0) is 18.3 Å². The summed E-state index contributed by atoms with van der Waals surface area (Å²) >= 11 is 1.80. The Balaban J connectivity index is 1.86. The summed E-state index contributed by atoms with van der Waals surface area (Å²) in [6, 6.07) is 8.02. The minimum atomic E-state index is 0.199. The fourth-order valence-corrected chi connectivity index (χ4v) is 3.68. The number of aryl methyl sites for hydroxylation is 1. The molecule has 0 N–H and O–H groups in total. The maximum Gasteiger partial charge on any atom is 0.153 e. The standard InChI is InChI=1S/C14H16N2OS/c1-16-11-6-3-2-5-10(11)15-14(16)9-12(17)13-7-4-8-18-13/h2-3,5-6,13H,4,7-9H2,1H3. The van der Waals surface area contributed by atoms with Crippen LogP contribution < -0.4 is 0 Å². The van der Waals surface area contributed by atoms with Crippen LogP contribution in [0.1, 0.15) is 18.7 Å². The summed E-state index contributed by atoms with van der Waals surface area (Å²) in [4.78, 5) is 16.7. The van der Waals surface area contributed by atoms with E-state index in [0.717, 1.165) is 29.0 Å². The second kappa shape index (κ2) is 4.76. The van der Waals surface area contributed by atoms with E-state index in [1.165, 1.54) is 6.42 Å². The monoisotopic (exact) mass is 260 g/mol. The predicted molar refractivity (Wildman–Crippen MR) is 74.9 cm³/mol.